The highest BCUT2D eigenvalue weighted by atomic mass is 16.2. The van der Waals surface area contributed by atoms with Crippen molar-refractivity contribution < 1.29 is 14.4 Å². The normalized spacial score (nSPS) is 21.5. The van der Waals surface area contributed by atoms with Crippen LogP contribution in [0, 0.1) is 5.92 Å². The van der Waals surface area contributed by atoms with Gasteiger partial charge in [0.05, 0.1) is 0 Å². The number of hydrogen-bond donors (Lipinski definition) is 1. The average Bonchev–Trinajstić information content (AvgIpc) is 3.33. The number of urea groups is 1. The summed E-state index contributed by atoms with van der Waals surface area (Å²) in [4.78, 5) is 40.8. The maximum Gasteiger partial charge on any atom is 0.325 e. The number of hydrogen-bond acceptors (Lipinski definition) is 3. The number of nitrogens with zero attached hydrogens (tertiary/aromatic N) is 2. The van der Waals surface area contributed by atoms with Crippen molar-refractivity contribution in [2.45, 2.75) is 69.7 Å². The van der Waals surface area contributed by atoms with Crippen molar-refractivity contribution >= 4 is 17.8 Å². The Kier molecular flexibility index (Phi) is 6.40. The van der Waals surface area contributed by atoms with Gasteiger partial charge in [0.15, 0.2) is 0 Å². The SMILES string of the molecule is O=C(CCCN1C(=O)NC2(CCCC2)C1=O)N1CCC(CCc2ccccc2)CC1. The van der Waals surface area contributed by atoms with Crippen molar-refractivity contribution in [3.63, 3.8) is 0 Å². The van der Waals surface area contributed by atoms with Crippen LogP contribution in [0.4, 0.5) is 4.79 Å². The van der Waals surface area contributed by atoms with Gasteiger partial charge in [0.1, 0.15) is 5.54 Å². The third-order valence-corrected chi connectivity index (χ3v) is 7.13. The quantitative estimate of drug-likeness (QED) is 0.698. The molecular weight excluding hydrogens is 378 g/mol. The van der Waals surface area contributed by atoms with E-state index in [1.807, 2.05) is 11.0 Å². The summed E-state index contributed by atoms with van der Waals surface area (Å²) in [5.41, 5.74) is 0.735. The molecule has 2 heterocycles. The third-order valence-electron chi connectivity index (χ3n) is 7.13. The van der Waals surface area contributed by atoms with Gasteiger partial charge in [0, 0.05) is 26.1 Å². The maximum atomic E-state index is 12.7. The number of carbonyl (C=O) groups is 3. The molecule has 162 valence electrons. The summed E-state index contributed by atoms with van der Waals surface area (Å²) in [6.45, 7) is 1.99. The number of nitrogens with one attached hydrogen (secondary N) is 1. The van der Waals surface area contributed by atoms with Crippen LogP contribution in [0.3, 0.4) is 0 Å². The molecule has 2 aliphatic heterocycles. The fourth-order valence-electron chi connectivity index (χ4n) is 5.23. The van der Waals surface area contributed by atoms with Gasteiger partial charge < -0.3 is 10.2 Å². The van der Waals surface area contributed by atoms with Gasteiger partial charge in [0.25, 0.3) is 5.91 Å². The third kappa shape index (κ3) is 4.52. The van der Waals surface area contributed by atoms with Crippen molar-refractivity contribution in [3.8, 4) is 0 Å². The molecule has 1 saturated carbocycles. The highest BCUT2D eigenvalue weighted by Crippen LogP contribution is 2.35. The Bertz CT molecular complexity index is 765. The molecule has 1 aliphatic carbocycles. The Morgan fingerprint density at radius 1 is 1.07 bits per heavy atom. The fourth-order valence-corrected chi connectivity index (χ4v) is 5.23. The second-order valence-electron chi connectivity index (χ2n) is 9.13. The van der Waals surface area contributed by atoms with Crippen LogP contribution in [-0.4, -0.2) is 52.8 Å². The number of aryl methyl sites for hydroxylation is 1. The van der Waals surface area contributed by atoms with Gasteiger partial charge in [-0.25, -0.2) is 4.79 Å². The van der Waals surface area contributed by atoms with E-state index in [9.17, 15) is 14.4 Å². The molecule has 0 atom stereocenters. The Labute approximate surface area is 179 Å². The number of imide groups is 1. The predicted octanol–water partition coefficient (Wildman–Crippen LogP) is 3.50. The number of amides is 4. The Balaban J connectivity index is 1.16. The smallest absolute Gasteiger partial charge is 0.325 e. The zero-order valence-electron chi connectivity index (χ0n) is 17.8. The summed E-state index contributed by atoms with van der Waals surface area (Å²) in [5.74, 6) is 0.749. The lowest BCUT2D eigenvalue weighted by atomic mass is 9.90. The lowest BCUT2D eigenvalue weighted by Gasteiger charge is -2.32. The molecule has 1 spiro atoms. The van der Waals surface area contributed by atoms with Gasteiger partial charge in [-0.05, 0) is 56.4 Å². The van der Waals surface area contributed by atoms with Crippen LogP contribution in [0.2, 0.25) is 0 Å². The number of benzene rings is 1. The van der Waals surface area contributed by atoms with Gasteiger partial charge in [0.2, 0.25) is 5.91 Å². The maximum absolute atomic E-state index is 12.7. The monoisotopic (exact) mass is 411 g/mol. The summed E-state index contributed by atoms with van der Waals surface area (Å²) in [5, 5.41) is 2.90. The molecule has 6 heteroatoms. The van der Waals surface area contributed by atoms with E-state index in [1.165, 1.54) is 16.9 Å². The van der Waals surface area contributed by atoms with E-state index >= 15 is 0 Å². The zero-order chi connectivity index (χ0) is 21.0. The van der Waals surface area contributed by atoms with E-state index in [4.69, 9.17) is 0 Å². The fraction of sp³-hybridized carbons (Fsp3) is 0.625. The van der Waals surface area contributed by atoms with Crippen LogP contribution >= 0.6 is 0 Å². The molecule has 3 fully saturated rings. The molecule has 30 heavy (non-hydrogen) atoms. The first-order valence-electron chi connectivity index (χ1n) is 11.5. The van der Waals surface area contributed by atoms with E-state index in [0.29, 0.717) is 25.3 Å². The molecule has 0 unspecified atom stereocenters. The van der Waals surface area contributed by atoms with Gasteiger partial charge in [-0.2, -0.15) is 0 Å². The highest BCUT2D eigenvalue weighted by molar-refractivity contribution is 6.07. The number of piperidine rings is 1. The summed E-state index contributed by atoms with van der Waals surface area (Å²) in [6, 6.07) is 10.3. The topological polar surface area (TPSA) is 69.7 Å². The van der Waals surface area contributed by atoms with Gasteiger partial charge >= 0.3 is 6.03 Å². The molecule has 0 bridgehead atoms. The van der Waals surface area contributed by atoms with E-state index in [1.54, 1.807) is 0 Å². The molecule has 2 saturated heterocycles. The van der Waals surface area contributed by atoms with Crippen molar-refractivity contribution in [2.24, 2.45) is 5.92 Å². The molecule has 0 aromatic heterocycles. The Morgan fingerprint density at radius 3 is 2.47 bits per heavy atom. The molecular formula is C24H33N3O3. The van der Waals surface area contributed by atoms with Crippen LogP contribution in [0.25, 0.3) is 0 Å². The first-order chi connectivity index (χ1) is 14.6. The first kappa shape index (κ1) is 20.9. The summed E-state index contributed by atoms with van der Waals surface area (Å²) < 4.78 is 0. The second-order valence-corrected chi connectivity index (χ2v) is 9.13. The zero-order valence-corrected chi connectivity index (χ0v) is 17.8. The molecule has 1 N–H and O–H groups in total. The summed E-state index contributed by atoms with van der Waals surface area (Å²) in [7, 11) is 0. The first-order valence-corrected chi connectivity index (χ1v) is 11.5. The summed E-state index contributed by atoms with van der Waals surface area (Å²) >= 11 is 0. The number of carbonyl (C=O) groups excluding carboxylic acids is 3. The second kappa shape index (κ2) is 9.19. The largest absolute Gasteiger partial charge is 0.343 e. The lowest BCUT2D eigenvalue weighted by Crippen LogP contribution is -2.44. The van der Waals surface area contributed by atoms with Crippen molar-refractivity contribution in [1.29, 1.82) is 0 Å². The van der Waals surface area contributed by atoms with Crippen LogP contribution in [-0.2, 0) is 16.0 Å². The minimum Gasteiger partial charge on any atom is -0.343 e. The van der Waals surface area contributed by atoms with Gasteiger partial charge in [-0.3, -0.25) is 14.5 Å². The molecule has 4 amide bonds. The standard InChI is InChI=1S/C24H33N3O3/c28-21(9-6-16-27-22(29)24(25-23(27)30)14-4-5-15-24)26-17-12-20(13-18-26)11-10-19-7-2-1-3-8-19/h1-3,7-8,20H,4-6,9-18H2,(H,25,30). The number of rotatable bonds is 7. The van der Waals surface area contributed by atoms with E-state index in [2.05, 4.69) is 29.6 Å². The molecule has 1 aromatic rings. The van der Waals surface area contributed by atoms with Crippen LogP contribution in [0.1, 0.15) is 63.4 Å². The van der Waals surface area contributed by atoms with Crippen LogP contribution < -0.4 is 5.32 Å². The molecule has 1 aromatic carbocycles. The highest BCUT2D eigenvalue weighted by Gasteiger charge is 2.52. The van der Waals surface area contributed by atoms with Crippen molar-refractivity contribution in [3.05, 3.63) is 35.9 Å². The minimum absolute atomic E-state index is 0.0864. The van der Waals surface area contributed by atoms with Crippen molar-refractivity contribution in [2.75, 3.05) is 19.6 Å². The molecule has 3 aliphatic rings. The van der Waals surface area contributed by atoms with E-state index < -0.39 is 5.54 Å². The van der Waals surface area contributed by atoms with Crippen LogP contribution in [0.15, 0.2) is 30.3 Å². The average molecular weight is 412 g/mol. The molecule has 4 rings (SSSR count). The van der Waals surface area contributed by atoms with Crippen molar-refractivity contribution in [1.82, 2.24) is 15.1 Å². The predicted molar refractivity (Wildman–Crippen MR) is 115 cm³/mol. The Morgan fingerprint density at radius 2 is 1.77 bits per heavy atom. The Hall–Kier alpha value is -2.37. The van der Waals surface area contributed by atoms with Gasteiger partial charge in [-0.15, -0.1) is 0 Å². The van der Waals surface area contributed by atoms with Gasteiger partial charge in [-0.1, -0.05) is 43.2 Å². The molecule has 6 nitrogen and oxygen atoms in total. The van der Waals surface area contributed by atoms with E-state index in [0.717, 1.165) is 58.0 Å². The van der Waals surface area contributed by atoms with E-state index in [-0.39, 0.29) is 17.8 Å². The summed E-state index contributed by atoms with van der Waals surface area (Å²) in [6.07, 6.45) is 8.81. The molecule has 0 radical (unpaired) electrons. The number of likely N-dealkylation sites (tertiary alicyclic amines) is 1. The van der Waals surface area contributed by atoms with Crippen LogP contribution in [0.5, 0.6) is 0 Å². The lowest BCUT2D eigenvalue weighted by molar-refractivity contribution is -0.134. The minimum atomic E-state index is -0.650.